The fraction of sp³-hybridized carbons (Fsp3) is 0.381. The highest BCUT2D eigenvalue weighted by atomic mass is 16.5. The number of hydrogen-bond acceptors (Lipinski definition) is 4. The number of carbonyl (C=O) groups excluding carboxylic acids is 1. The fourth-order valence-electron chi connectivity index (χ4n) is 3.67. The molecule has 1 unspecified atom stereocenters. The number of nitrogens with one attached hydrogen (secondary N) is 1. The molecular weight excluding hydrogens is 328 g/mol. The molecule has 1 atom stereocenters. The average Bonchev–Trinajstić information content (AvgIpc) is 2.79. The quantitative estimate of drug-likeness (QED) is 0.789. The minimum atomic E-state index is -0.0898. The summed E-state index contributed by atoms with van der Waals surface area (Å²) in [7, 11) is 1.63. The van der Waals surface area contributed by atoms with E-state index in [9.17, 15) is 15.1 Å². The Labute approximate surface area is 154 Å². The lowest BCUT2D eigenvalue weighted by Crippen LogP contribution is -2.34. The van der Waals surface area contributed by atoms with Gasteiger partial charge in [0.1, 0.15) is 5.75 Å². The molecule has 138 valence electrons. The van der Waals surface area contributed by atoms with E-state index in [4.69, 9.17) is 0 Å². The van der Waals surface area contributed by atoms with Crippen molar-refractivity contribution in [3.05, 3.63) is 64.2 Å². The standard InChI is InChI=1S/C21H26N2O3/c1-14-11-16-9-10-23(26)18(12-17(16)13-20(14)24)8-7-15-5-3-4-6-19(15)21(25)22-2/h3-6,11,13,18,24,26H,7-10,12H2,1-2H3,(H,22,25). The van der Waals surface area contributed by atoms with E-state index in [0.29, 0.717) is 30.7 Å². The van der Waals surface area contributed by atoms with Gasteiger partial charge in [-0.2, -0.15) is 5.06 Å². The number of benzene rings is 2. The molecule has 1 amide bonds. The lowest BCUT2D eigenvalue weighted by Gasteiger charge is -2.24. The summed E-state index contributed by atoms with van der Waals surface area (Å²) in [4.78, 5) is 12.0. The van der Waals surface area contributed by atoms with Crippen molar-refractivity contribution in [2.45, 2.75) is 38.6 Å². The number of phenolic OH excluding ortho intramolecular Hbond substituents is 1. The van der Waals surface area contributed by atoms with Gasteiger partial charge >= 0.3 is 0 Å². The number of aryl methyl sites for hydroxylation is 2. The normalized spacial score (nSPS) is 17.4. The first kappa shape index (κ1) is 18.4. The Morgan fingerprint density at radius 2 is 2.04 bits per heavy atom. The molecule has 0 spiro atoms. The van der Waals surface area contributed by atoms with Gasteiger partial charge in [0.25, 0.3) is 5.91 Å². The summed E-state index contributed by atoms with van der Waals surface area (Å²) in [6.45, 7) is 2.46. The monoisotopic (exact) mass is 354 g/mol. The molecule has 0 aliphatic carbocycles. The number of nitrogens with zero attached hydrogens (tertiary/aromatic N) is 1. The number of carbonyl (C=O) groups is 1. The van der Waals surface area contributed by atoms with E-state index < -0.39 is 0 Å². The van der Waals surface area contributed by atoms with Crippen LogP contribution in [0.15, 0.2) is 36.4 Å². The van der Waals surface area contributed by atoms with Gasteiger partial charge in [0.05, 0.1) is 0 Å². The van der Waals surface area contributed by atoms with Crippen molar-refractivity contribution in [3.63, 3.8) is 0 Å². The largest absolute Gasteiger partial charge is 0.508 e. The molecule has 26 heavy (non-hydrogen) atoms. The van der Waals surface area contributed by atoms with Crippen molar-refractivity contribution in [3.8, 4) is 5.75 Å². The number of amides is 1. The molecule has 1 aliphatic rings. The molecular formula is C21H26N2O3. The van der Waals surface area contributed by atoms with Gasteiger partial charge < -0.3 is 15.6 Å². The maximum Gasteiger partial charge on any atom is 0.251 e. The molecule has 2 aromatic rings. The van der Waals surface area contributed by atoms with Gasteiger partial charge in [0.15, 0.2) is 0 Å². The molecule has 1 aliphatic heterocycles. The molecule has 2 aromatic carbocycles. The van der Waals surface area contributed by atoms with Crippen LogP contribution in [0.2, 0.25) is 0 Å². The van der Waals surface area contributed by atoms with Crippen LogP contribution in [0.3, 0.4) is 0 Å². The Hall–Kier alpha value is -2.37. The average molecular weight is 354 g/mol. The first-order chi connectivity index (χ1) is 12.5. The highest BCUT2D eigenvalue weighted by Gasteiger charge is 2.24. The van der Waals surface area contributed by atoms with E-state index in [1.807, 2.05) is 43.3 Å². The zero-order valence-corrected chi connectivity index (χ0v) is 15.3. The Morgan fingerprint density at radius 3 is 2.81 bits per heavy atom. The third-order valence-corrected chi connectivity index (χ3v) is 5.24. The molecule has 1 heterocycles. The second kappa shape index (κ2) is 7.89. The van der Waals surface area contributed by atoms with E-state index >= 15 is 0 Å². The maximum absolute atomic E-state index is 12.0. The zero-order chi connectivity index (χ0) is 18.7. The van der Waals surface area contributed by atoms with Crippen molar-refractivity contribution < 1.29 is 15.1 Å². The van der Waals surface area contributed by atoms with Crippen molar-refractivity contribution in [2.75, 3.05) is 13.6 Å². The Morgan fingerprint density at radius 1 is 1.27 bits per heavy atom. The van der Waals surface area contributed by atoms with Crippen LogP contribution in [0, 0.1) is 6.92 Å². The summed E-state index contributed by atoms with van der Waals surface area (Å²) < 4.78 is 0. The summed E-state index contributed by atoms with van der Waals surface area (Å²) in [5.41, 5.74) is 4.81. The van der Waals surface area contributed by atoms with E-state index in [1.165, 1.54) is 10.6 Å². The Kier molecular flexibility index (Phi) is 5.59. The van der Waals surface area contributed by atoms with Crippen LogP contribution in [-0.4, -0.2) is 40.9 Å². The lowest BCUT2D eigenvalue weighted by atomic mass is 9.94. The lowest BCUT2D eigenvalue weighted by molar-refractivity contribution is -0.125. The molecule has 0 aromatic heterocycles. The molecule has 0 bridgehead atoms. The molecule has 5 heteroatoms. The number of hydroxylamine groups is 2. The van der Waals surface area contributed by atoms with Crippen molar-refractivity contribution in [1.29, 1.82) is 0 Å². The second-order valence-electron chi connectivity index (χ2n) is 6.95. The van der Waals surface area contributed by atoms with Crippen LogP contribution in [0.25, 0.3) is 0 Å². The van der Waals surface area contributed by atoms with Crippen LogP contribution < -0.4 is 5.32 Å². The van der Waals surface area contributed by atoms with Crippen molar-refractivity contribution in [1.82, 2.24) is 10.4 Å². The van der Waals surface area contributed by atoms with Crippen LogP contribution in [0.5, 0.6) is 5.75 Å². The third kappa shape index (κ3) is 3.89. The first-order valence-electron chi connectivity index (χ1n) is 9.06. The summed E-state index contributed by atoms with van der Waals surface area (Å²) in [6, 6.07) is 11.4. The van der Waals surface area contributed by atoms with Gasteiger partial charge in [-0.25, -0.2) is 0 Å². The van der Waals surface area contributed by atoms with Crippen LogP contribution in [-0.2, 0) is 19.3 Å². The molecule has 3 rings (SSSR count). The highest BCUT2D eigenvalue weighted by Crippen LogP contribution is 2.28. The summed E-state index contributed by atoms with van der Waals surface area (Å²) in [5, 5.41) is 24.6. The SMILES string of the molecule is CNC(=O)c1ccccc1CCC1Cc2cc(O)c(C)cc2CCN1O. The smallest absolute Gasteiger partial charge is 0.251 e. The van der Waals surface area contributed by atoms with Crippen LogP contribution >= 0.6 is 0 Å². The van der Waals surface area contributed by atoms with Gasteiger partial charge in [0.2, 0.25) is 0 Å². The fourth-order valence-corrected chi connectivity index (χ4v) is 3.67. The van der Waals surface area contributed by atoms with Crippen molar-refractivity contribution >= 4 is 5.91 Å². The summed E-state index contributed by atoms with van der Waals surface area (Å²) in [6.07, 6.45) is 2.89. The third-order valence-electron chi connectivity index (χ3n) is 5.24. The number of fused-ring (bicyclic) bond motifs is 1. The summed E-state index contributed by atoms with van der Waals surface area (Å²) in [5.74, 6) is 0.215. The number of rotatable bonds is 4. The molecule has 3 N–H and O–H groups in total. The van der Waals surface area contributed by atoms with Gasteiger partial charge in [-0.3, -0.25) is 4.79 Å². The van der Waals surface area contributed by atoms with E-state index in [0.717, 1.165) is 29.5 Å². The second-order valence-corrected chi connectivity index (χ2v) is 6.95. The molecule has 5 nitrogen and oxygen atoms in total. The number of hydrogen-bond donors (Lipinski definition) is 3. The number of aromatic hydroxyl groups is 1. The van der Waals surface area contributed by atoms with Crippen molar-refractivity contribution in [2.24, 2.45) is 0 Å². The van der Waals surface area contributed by atoms with Crippen LogP contribution in [0.4, 0.5) is 0 Å². The van der Waals surface area contributed by atoms with Gasteiger partial charge in [-0.05, 0) is 67.0 Å². The zero-order valence-electron chi connectivity index (χ0n) is 15.3. The van der Waals surface area contributed by atoms with E-state index in [1.54, 1.807) is 7.05 Å². The maximum atomic E-state index is 12.0. The van der Waals surface area contributed by atoms with E-state index in [-0.39, 0.29) is 11.9 Å². The predicted molar refractivity (Wildman–Crippen MR) is 101 cm³/mol. The Balaban J connectivity index is 1.77. The van der Waals surface area contributed by atoms with E-state index in [2.05, 4.69) is 5.32 Å². The first-order valence-corrected chi connectivity index (χ1v) is 9.06. The highest BCUT2D eigenvalue weighted by molar-refractivity contribution is 5.95. The number of phenols is 1. The molecule has 0 saturated heterocycles. The van der Waals surface area contributed by atoms with Crippen LogP contribution in [0.1, 0.15) is 39.0 Å². The minimum absolute atomic E-state index is 0.0453. The van der Waals surface area contributed by atoms with Gasteiger partial charge in [-0.15, -0.1) is 0 Å². The van der Waals surface area contributed by atoms with Gasteiger partial charge in [-0.1, -0.05) is 24.3 Å². The summed E-state index contributed by atoms with van der Waals surface area (Å²) >= 11 is 0. The Bertz CT molecular complexity index is 804. The minimum Gasteiger partial charge on any atom is -0.508 e. The molecule has 0 fully saturated rings. The predicted octanol–water partition coefficient (Wildman–Crippen LogP) is 2.85. The topological polar surface area (TPSA) is 72.8 Å². The van der Waals surface area contributed by atoms with Gasteiger partial charge in [0, 0.05) is 25.2 Å². The molecule has 0 saturated carbocycles. The molecule has 0 radical (unpaired) electrons.